The molecule has 0 spiro atoms. The van der Waals surface area contributed by atoms with Gasteiger partial charge in [0.15, 0.2) is 0 Å². The zero-order valence-corrected chi connectivity index (χ0v) is 8.36. The van der Waals surface area contributed by atoms with Crippen LogP contribution in [0.2, 0.25) is 0 Å². The third-order valence-corrected chi connectivity index (χ3v) is 2.63. The number of Topliss-reactive ketones (excluding diaryl/α,β-unsaturated/α-hetero) is 1. The average Bonchev–Trinajstić information content (AvgIpc) is 2.65. The molecule has 0 aromatic carbocycles. The van der Waals surface area contributed by atoms with Gasteiger partial charge < -0.3 is 4.57 Å². The Bertz CT molecular complexity index is 376. The Labute approximate surface area is 83.5 Å². The smallest absolute Gasteiger partial charge is 0.206 e. The fourth-order valence-electron chi connectivity index (χ4n) is 1.78. The number of hydrogen-bond donors (Lipinski definition) is 0. The molecule has 1 aromatic rings. The molecule has 0 amide bonds. The SMILES string of the molecule is Cn1cncc1C(=O)C1=CCCCC1. The lowest BCUT2D eigenvalue weighted by molar-refractivity contribution is 0.102. The van der Waals surface area contributed by atoms with Gasteiger partial charge in [0.25, 0.3) is 0 Å². The van der Waals surface area contributed by atoms with Gasteiger partial charge >= 0.3 is 0 Å². The van der Waals surface area contributed by atoms with Gasteiger partial charge in [0.05, 0.1) is 12.5 Å². The van der Waals surface area contributed by atoms with Crippen molar-refractivity contribution >= 4 is 5.78 Å². The van der Waals surface area contributed by atoms with E-state index in [-0.39, 0.29) is 5.78 Å². The number of imidazole rings is 1. The van der Waals surface area contributed by atoms with Crippen LogP contribution in [0.3, 0.4) is 0 Å². The molecular formula is C11H14N2O. The molecule has 0 atom stereocenters. The molecule has 3 heteroatoms. The molecule has 2 rings (SSSR count). The van der Waals surface area contributed by atoms with Crippen molar-refractivity contribution in [2.45, 2.75) is 25.7 Å². The maximum atomic E-state index is 12.0. The van der Waals surface area contributed by atoms with E-state index in [9.17, 15) is 4.79 Å². The summed E-state index contributed by atoms with van der Waals surface area (Å²) in [7, 11) is 1.85. The van der Waals surface area contributed by atoms with Crippen LogP contribution in [0, 0.1) is 0 Å². The summed E-state index contributed by atoms with van der Waals surface area (Å²) in [5.41, 5.74) is 1.65. The van der Waals surface area contributed by atoms with Gasteiger partial charge in [0.1, 0.15) is 5.69 Å². The molecule has 74 valence electrons. The second-order valence-electron chi connectivity index (χ2n) is 3.69. The van der Waals surface area contributed by atoms with Crippen molar-refractivity contribution in [3.05, 3.63) is 29.9 Å². The monoisotopic (exact) mass is 190 g/mol. The van der Waals surface area contributed by atoms with Crippen LogP contribution in [-0.4, -0.2) is 15.3 Å². The fourth-order valence-corrected chi connectivity index (χ4v) is 1.78. The predicted octanol–water partition coefficient (Wildman–Crippen LogP) is 2.10. The number of aryl methyl sites for hydroxylation is 1. The van der Waals surface area contributed by atoms with Gasteiger partial charge in [0, 0.05) is 7.05 Å². The number of ketones is 1. The van der Waals surface area contributed by atoms with E-state index in [0.717, 1.165) is 24.8 Å². The van der Waals surface area contributed by atoms with Crippen LogP contribution >= 0.6 is 0 Å². The number of hydrogen-bond acceptors (Lipinski definition) is 2. The highest BCUT2D eigenvalue weighted by Gasteiger charge is 2.16. The normalized spacial score (nSPS) is 16.5. The lowest BCUT2D eigenvalue weighted by atomic mass is 9.95. The topological polar surface area (TPSA) is 34.9 Å². The summed E-state index contributed by atoms with van der Waals surface area (Å²) in [6, 6.07) is 0. The number of aromatic nitrogens is 2. The third kappa shape index (κ3) is 1.62. The molecule has 0 saturated carbocycles. The van der Waals surface area contributed by atoms with Crippen LogP contribution in [-0.2, 0) is 7.05 Å². The quantitative estimate of drug-likeness (QED) is 0.669. The molecule has 1 aromatic heterocycles. The molecular weight excluding hydrogens is 176 g/mol. The summed E-state index contributed by atoms with van der Waals surface area (Å²) in [5.74, 6) is 0.143. The number of allylic oxidation sites excluding steroid dienone is 2. The summed E-state index contributed by atoms with van der Waals surface area (Å²) >= 11 is 0. The van der Waals surface area contributed by atoms with Crippen molar-refractivity contribution in [2.24, 2.45) is 7.05 Å². The van der Waals surface area contributed by atoms with Gasteiger partial charge in [-0.1, -0.05) is 6.08 Å². The first-order valence-corrected chi connectivity index (χ1v) is 4.99. The molecule has 0 radical (unpaired) electrons. The molecule has 0 N–H and O–H groups in total. The van der Waals surface area contributed by atoms with Crippen LogP contribution < -0.4 is 0 Å². The van der Waals surface area contributed by atoms with Crippen LogP contribution in [0.4, 0.5) is 0 Å². The van der Waals surface area contributed by atoms with Crippen molar-refractivity contribution in [2.75, 3.05) is 0 Å². The highest BCUT2D eigenvalue weighted by atomic mass is 16.1. The van der Waals surface area contributed by atoms with E-state index in [1.54, 1.807) is 17.1 Å². The summed E-state index contributed by atoms with van der Waals surface area (Å²) in [4.78, 5) is 15.9. The number of carbonyl (C=O) groups is 1. The molecule has 1 aliphatic rings. The van der Waals surface area contributed by atoms with E-state index in [0.29, 0.717) is 5.69 Å². The van der Waals surface area contributed by atoms with E-state index in [4.69, 9.17) is 0 Å². The standard InChI is InChI=1S/C11H14N2O/c1-13-8-12-7-10(13)11(14)9-5-3-2-4-6-9/h5,7-8H,2-4,6H2,1H3. The highest BCUT2D eigenvalue weighted by molar-refractivity contribution is 6.07. The van der Waals surface area contributed by atoms with Gasteiger partial charge in [-0.2, -0.15) is 0 Å². The number of nitrogens with zero attached hydrogens (tertiary/aromatic N) is 2. The molecule has 14 heavy (non-hydrogen) atoms. The maximum Gasteiger partial charge on any atom is 0.206 e. The second-order valence-corrected chi connectivity index (χ2v) is 3.69. The largest absolute Gasteiger partial charge is 0.331 e. The minimum absolute atomic E-state index is 0.143. The minimum atomic E-state index is 0.143. The number of rotatable bonds is 2. The first-order valence-electron chi connectivity index (χ1n) is 4.99. The molecule has 1 heterocycles. The highest BCUT2D eigenvalue weighted by Crippen LogP contribution is 2.20. The van der Waals surface area contributed by atoms with Gasteiger partial charge in [-0.25, -0.2) is 4.98 Å². The Morgan fingerprint density at radius 1 is 1.50 bits per heavy atom. The zero-order valence-electron chi connectivity index (χ0n) is 8.36. The van der Waals surface area contributed by atoms with Gasteiger partial charge in [-0.3, -0.25) is 4.79 Å². The van der Waals surface area contributed by atoms with Crippen molar-refractivity contribution < 1.29 is 4.79 Å². The molecule has 0 bridgehead atoms. The van der Waals surface area contributed by atoms with E-state index in [1.165, 1.54) is 6.42 Å². The Morgan fingerprint density at radius 3 is 2.93 bits per heavy atom. The molecule has 0 fully saturated rings. The van der Waals surface area contributed by atoms with Gasteiger partial charge in [-0.05, 0) is 31.3 Å². The molecule has 0 unspecified atom stereocenters. The van der Waals surface area contributed by atoms with Crippen LogP contribution in [0.5, 0.6) is 0 Å². The summed E-state index contributed by atoms with van der Waals surface area (Å²) in [5, 5.41) is 0. The third-order valence-electron chi connectivity index (χ3n) is 2.63. The van der Waals surface area contributed by atoms with E-state index in [1.807, 2.05) is 7.05 Å². The second kappa shape index (κ2) is 3.78. The summed E-state index contributed by atoms with van der Waals surface area (Å²) in [6.45, 7) is 0. The fraction of sp³-hybridized carbons (Fsp3) is 0.455. The molecule has 1 aliphatic carbocycles. The van der Waals surface area contributed by atoms with E-state index >= 15 is 0 Å². The van der Waals surface area contributed by atoms with Crippen LogP contribution in [0.25, 0.3) is 0 Å². The van der Waals surface area contributed by atoms with Crippen molar-refractivity contribution in [3.8, 4) is 0 Å². The minimum Gasteiger partial charge on any atom is -0.331 e. The van der Waals surface area contributed by atoms with Gasteiger partial charge in [0.2, 0.25) is 5.78 Å². The first-order chi connectivity index (χ1) is 6.79. The van der Waals surface area contributed by atoms with Crippen LogP contribution in [0.1, 0.15) is 36.2 Å². The average molecular weight is 190 g/mol. The Kier molecular flexibility index (Phi) is 2.48. The Hall–Kier alpha value is -1.38. The van der Waals surface area contributed by atoms with Crippen molar-refractivity contribution in [1.29, 1.82) is 0 Å². The first kappa shape index (κ1) is 9.19. The molecule has 0 aliphatic heterocycles. The molecule has 3 nitrogen and oxygen atoms in total. The zero-order chi connectivity index (χ0) is 9.97. The maximum absolute atomic E-state index is 12.0. The Morgan fingerprint density at radius 2 is 2.36 bits per heavy atom. The van der Waals surface area contributed by atoms with Crippen molar-refractivity contribution in [3.63, 3.8) is 0 Å². The summed E-state index contributed by atoms with van der Waals surface area (Å²) < 4.78 is 1.78. The lowest BCUT2D eigenvalue weighted by Crippen LogP contribution is -2.10. The van der Waals surface area contributed by atoms with E-state index in [2.05, 4.69) is 11.1 Å². The summed E-state index contributed by atoms with van der Waals surface area (Å²) in [6.07, 6.45) is 9.67. The molecule has 0 saturated heterocycles. The van der Waals surface area contributed by atoms with Crippen LogP contribution in [0.15, 0.2) is 24.2 Å². The van der Waals surface area contributed by atoms with E-state index < -0.39 is 0 Å². The lowest BCUT2D eigenvalue weighted by Gasteiger charge is -2.11. The predicted molar refractivity (Wildman–Crippen MR) is 54.1 cm³/mol. The van der Waals surface area contributed by atoms with Crippen molar-refractivity contribution in [1.82, 2.24) is 9.55 Å². The number of carbonyl (C=O) groups excluding carboxylic acids is 1. The van der Waals surface area contributed by atoms with Gasteiger partial charge in [-0.15, -0.1) is 0 Å². The Balaban J connectivity index is 2.23.